The van der Waals surface area contributed by atoms with Crippen LogP contribution >= 0.6 is 0 Å². The molecule has 0 aromatic carbocycles. The van der Waals surface area contributed by atoms with E-state index in [4.69, 9.17) is 4.74 Å². The third-order valence-corrected chi connectivity index (χ3v) is 5.04. The molecule has 0 saturated carbocycles. The van der Waals surface area contributed by atoms with Crippen LogP contribution in [0.3, 0.4) is 0 Å². The van der Waals surface area contributed by atoms with Crippen LogP contribution in [0.15, 0.2) is 6.07 Å². The summed E-state index contributed by atoms with van der Waals surface area (Å²) in [5.74, 6) is 0. The van der Waals surface area contributed by atoms with Crippen LogP contribution < -0.4 is 0 Å². The molecule has 1 aromatic heterocycles. The standard InChI is InChI=1S/C15H26N4O/c1-13-10-14(16-17(13)2)11-18-6-4-15(12-18)5-7-19(15)8-9-20-3/h10H,4-9,11-12H2,1-3H3. The van der Waals surface area contributed by atoms with Crippen LogP contribution in [0.2, 0.25) is 0 Å². The summed E-state index contributed by atoms with van der Waals surface area (Å²) in [6.07, 6.45) is 2.64. The lowest BCUT2D eigenvalue weighted by Crippen LogP contribution is -2.61. The topological polar surface area (TPSA) is 33.5 Å². The van der Waals surface area contributed by atoms with Gasteiger partial charge in [0.05, 0.1) is 12.3 Å². The van der Waals surface area contributed by atoms with E-state index in [0.717, 1.165) is 19.7 Å². The Hall–Kier alpha value is -0.910. The molecule has 0 N–H and O–H groups in total. The number of hydrogen-bond acceptors (Lipinski definition) is 4. The van der Waals surface area contributed by atoms with E-state index < -0.39 is 0 Å². The van der Waals surface area contributed by atoms with Gasteiger partial charge in [0.2, 0.25) is 0 Å². The van der Waals surface area contributed by atoms with E-state index in [1.54, 1.807) is 7.11 Å². The quantitative estimate of drug-likeness (QED) is 0.805. The number of aryl methyl sites for hydroxylation is 2. The lowest BCUT2D eigenvalue weighted by Gasteiger charge is -2.51. The highest BCUT2D eigenvalue weighted by atomic mass is 16.5. The Labute approximate surface area is 121 Å². The monoisotopic (exact) mass is 278 g/mol. The van der Waals surface area contributed by atoms with E-state index in [0.29, 0.717) is 5.54 Å². The molecular weight excluding hydrogens is 252 g/mol. The van der Waals surface area contributed by atoms with Crippen LogP contribution in [0, 0.1) is 6.92 Å². The zero-order valence-electron chi connectivity index (χ0n) is 12.9. The van der Waals surface area contributed by atoms with Crippen LogP contribution in [0.5, 0.6) is 0 Å². The number of hydrogen-bond donors (Lipinski definition) is 0. The van der Waals surface area contributed by atoms with Crippen molar-refractivity contribution in [2.24, 2.45) is 7.05 Å². The zero-order chi connectivity index (χ0) is 14.2. The molecule has 2 aliphatic heterocycles. The maximum Gasteiger partial charge on any atom is 0.0767 e. The van der Waals surface area contributed by atoms with Crippen molar-refractivity contribution in [2.75, 3.05) is 39.9 Å². The first-order chi connectivity index (χ1) is 9.63. The largest absolute Gasteiger partial charge is 0.383 e. The molecular formula is C15H26N4O. The van der Waals surface area contributed by atoms with Crippen molar-refractivity contribution >= 4 is 0 Å². The lowest BCUT2D eigenvalue weighted by molar-refractivity contribution is -0.0228. The minimum absolute atomic E-state index is 0.433. The van der Waals surface area contributed by atoms with Gasteiger partial charge in [0.25, 0.3) is 0 Å². The fourth-order valence-corrected chi connectivity index (χ4v) is 3.62. The van der Waals surface area contributed by atoms with Gasteiger partial charge in [0, 0.05) is 58.1 Å². The number of ether oxygens (including phenoxy) is 1. The van der Waals surface area contributed by atoms with Crippen LogP contribution in [0.25, 0.3) is 0 Å². The van der Waals surface area contributed by atoms with Gasteiger partial charge in [0.15, 0.2) is 0 Å². The van der Waals surface area contributed by atoms with Gasteiger partial charge in [-0.3, -0.25) is 14.5 Å². The highest BCUT2D eigenvalue weighted by Crippen LogP contribution is 2.39. The molecule has 5 nitrogen and oxygen atoms in total. The SMILES string of the molecule is COCCN1CCC12CCN(Cc1cc(C)n(C)n1)C2. The third kappa shape index (κ3) is 2.50. The smallest absolute Gasteiger partial charge is 0.0767 e. The number of nitrogens with zero attached hydrogens (tertiary/aromatic N) is 4. The third-order valence-electron chi connectivity index (χ3n) is 5.04. The van der Waals surface area contributed by atoms with Crippen molar-refractivity contribution in [1.29, 1.82) is 0 Å². The number of likely N-dealkylation sites (tertiary alicyclic amines) is 2. The Bertz CT molecular complexity index is 453. The molecule has 0 aliphatic carbocycles. The van der Waals surface area contributed by atoms with Crippen molar-refractivity contribution in [3.8, 4) is 0 Å². The molecule has 3 heterocycles. The number of rotatable bonds is 5. The molecule has 5 heteroatoms. The second-order valence-electron chi connectivity index (χ2n) is 6.32. The average Bonchev–Trinajstić information content (AvgIpc) is 2.96. The lowest BCUT2D eigenvalue weighted by atomic mass is 9.84. The predicted molar refractivity (Wildman–Crippen MR) is 78.6 cm³/mol. The van der Waals surface area contributed by atoms with Gasteiger partial charge in [-0.15, -0.1) is 0 Å². The molecule has 3 rings (SSSR count). The first-order valence-electron chi connectivity index (χ1n) is 7.59. The highest BCUT2D eigenvalue weighted by molar-refractivity contribution is 5.11. The van der Waals surface area contributed by atoms with Crippen LogP contribution in [-0.2, 0) is 18.3 Å². The summed E-state index contributed by atoms with van der Waals surface area (Å²) in [5, 5.41) is 4.58. The summed E-state index contributed by atoms with van der Waals surface area (Å²) in [4.78, 5) is 5.17. The van der Waals surface area contributed by atoms with Gasteiger partial charge in [-0.1, -0.05) is 0 Å². The Kier molecular flexibility index (Phi) is 3.84. The van der Waals surface area contributed by atoms with Gasteiger partial charge >= 0.3 is 0 Å². The Balaban J connectivity index is 1.57. The maximum absolute atomic E-state index is 5.22. The summed E-state index contributed by atoms with van der Waals surface area (Å²) in [7, 11) is 3.81. The molecule has 1 spiro atoms. The van der Waals surface area contributed by atoms with Crippen molar-refractivity contribution in [2.45, 2.75) is 31.8 Å². The van der Waals surface area contributed by atoms with E-state index in [-0.39, 0.29) is 0 Å². The second kappa shape index (κ2) is 5.47. The molecule has 0 bridgehead atoms. The van der Waals surface area contributed by atoms with Gasteiger partial charge in [0.1, 0.15) is 0 Å². The van der Waals surface area contributed by atoms with E-state index >= 15 is 0 Å². The average molecular weight is 278 g/mol. The van der Waals surface area contributed by atoms with E-state index in [2.05, 4.69) is 27.9 Å². The fourth-order valence-electron chi connectivity index (χ4n) is 3.62. The Morgan fingerprint density at radius 1 is 1.35 bits per heavy atom. The van der Waals surface area contributed by atoms with Crippen molar-refractivity contribution in [3.63, 3.8) is 0 Å². The molecule has 1 unspecified atom stereocenters. The predicted octanol–water partition coefficient (Wildman–Crippen LogP) is 1.03. The molecule has 2 saturated heterocycles. The summed E-state index contributed by atoms with van der Waals surface area (Å²) in [6.45, 7) is 8.64. The molecule has 0 radical (unpaired) electrons. The molecule has 2 fully saturated rings. The van der Waals surface area contributed by atoms with Gasteiger partial charge in [-0.2, -0.15) is 5.10 Å². The Morgan fingerprint density at radius 3 is 2.75 bits per heavy atom. The summed E-state index contributed by atoms with van der Waals surface area (Å²) < 4.78 is 7.19. The van der Waals surface area contributed by atoms with E-state index in [9.17, 15) is 0 Å². The van der Waals surface area contributed by atoms with Crippen LogP contribution in [-0.4, -0.2) is 65.0 Å². The summed E-state index contributed by atoms with van der Waals surface area (Å²) in [5.41, 5.74) is 2.87. The molecule has 20 heavy (non-hydrogen) atoms. The van der Waals surface area contributed by atoms with Crippen LogP contribution in [0.4, 0.5) is 0 Å². The zero-order valence-corrected chi connectivity index (χ0v) is 12.9. The second-order valence-corrected chi connectivity index (χ2v) is 6.32. The number of methoxy groups -OCH3 is 1. The molecule has 2 aliphatic rings. The van der Waals surface area contributed by atoms with Gasteiger partial charge in [-0.05, 0) is 25.8 Å². The van der Waals surface area contributed by atoms with E-state index in [1.165, 1.54) is 43.9 Å². The Morgan fingerprint density at radius 2 is 2.15 bits per heavy atom. The fraction of sp³-hybridized carbons (Fsp3) is 0.800. The highest BCUT2D eigenvalue weighted by Gasteiger charge is 2.48. The van der Waals surface area contributed by atoms with Crippen molar-refractivity contribution < 1.29 is 4.74 Å². The van der Waals surface area contributed by atoms with E-state index in [1.807, 2.05) is 11.7 Å². The molecule has 112 valence electrons. The maximum atomic E-state index is 5.22. The molecule has 1 aromatic rings. The summed E-state index contributed by atoms with van der Waals surface area (Å²) >= 11 is 0. The van der Waals surface area contributed by atoms with Crippen LogP contribution in [0.1, 0.15) is 24.2 Å². The van der Waals surface area contributed by atoms with Crippen molar-refractivity contribution in [3.05, 3.63) is 17.5 Å². The minimum atomic E-state index is 0.433. The first kappa shape index (κ1) is 14.0. The number of aromatic nitrogens is 2. The first-order valence-corrected chi connectivity index (χ1v) is 7.59. The van der Waals surface area contributed by atoms with Gasteiger partial charge in [-0.25, -0.2) is 0 Å². The summed E-state index contributed by atoms with van der Waals surface area (Å²) in [6, 6.07) is 2.20. The van der Waals surface area contributed by atoms with Gasteiger partial charge < -0.3 is 4.74 Å². The normalized spacial score (nSPS) is 27.4. The minimum Gasteiger partial charge on any atom is -0.383 e. The molecule has 0 amide bonds. The van der Waals surface area contributed by atoms with Crippen molar-refractivity contribution in [1.82, 2.24) is 19.6 Å². The molecule has 1 atom stereocenters.